The minimum atomic E-state index is -0.445. The first-order chi connectivity index (χ1) is 12.5. The third-order valence-electron chi connectivity index (χ3n) is 4.62. The number of thiophene rings is 1. The molecular formula is C20H27N3O2S. The Bertz CT molecular complexity index is 734. The van der Waals surface area contributed by atoms with E-state index >= 15 is 0 Å². The summed E-state index contributed by atoms with van der Waals surface area (Å²) >= 11 is 1.47. The van der Waals surface area contributed by atoms with E-state index in [1.165, 1.54) is 11.3 Å². The van der Waals surface area contributed by atoms with Crippen LogP contribution in [0.3, 0.4) is 0 Å². The summed E-state index contributed by atoms with van der Waals surface area (Å²) in [5.41, 5.74) is 0. The molecule has 1 aliphatic carbocycles. The highest BCUT2D eigenvalue weighted by atomic mass is 32.1. The maximum absolute atomic E-state index is 12.7. The molecule has 140 valence electrons. The smallest absolute Gasteiger partial charge is 0.262 e. The van der Waals surface area contributed by atoms with Gasteiger partial charge in [0, 0.05) is 11.2 Å². The van der Waals surface area contributed by atoms with E-state index in [1.54, 1.807) is 0 Å². The van der Waals surface area contributed by atoms with Crippen molar-refractivity contribution in [2.75, 3.05) is 27.2 Å². The summed E-state index contributed by atoms with van der Waals surface area (Å²) < 4.78 is 1.09. The first kappa shape index (κ1) is 18.9. The summed E-state index contributed by atoms with van der Waals surface area (Å²) in [4.78, 5) is 28.0. The molecule has 1 aliphatic rings. The molecule has 0 bridgehead atoms. The Morgan fingerprint density at radius 3 is 2.73 bits per heavy atom. The van der Waals surface area contributed by atoms with Crippen LogP contribution in [0.2, 0.25) is 0 Å². The number of fused-ring (bicyclic) bond motifs is 1. The van der Waals surface area contributed by atoms with Gasteiger partial charge in [-0.25, -0.2) is 0 Å². The Kier molecular flexibility index (Phi) is 6.27. The molecule has 0 spiro atoms. The van der Waals surface area contributed by atoms with Crippen molar-refractivity contribution in [2.45, 2.75) is 31.7 Å². The number of amides is 2. The molecule has 1 aromatic heterocycles. The van der Waals surface area contributed by atoms with Crippen LogP contribution in [0.1, 0.15) is 35.4 Å². The lowest BCUT2D eigenvalue weighted by atomic mass is 10.1. The van der Waals surface area contributed by atoms with E-state index in [0.717, 1.165) is 42.3 Å². The predicted molar refractivity (Wildman–Crippen MR) is 107 cm³/mol. The van der Waals surface area contributed by atoms with Crippen LogP contribution in [0, 0.1) is 5.92 Å². The Labute approximate surface area is 158 Å². The lowest BCUT2D eigenvalue weighted by Crippen LogP contribution is -2.47. The molecule has 1 fully saturated rings. The van der Waals surface area contributed by atoms with Crippen molar-refractivity contribution >= 4 is 33.2 Å². The Balaban J connectivity index is 1.59. The van der Waals surface area contributed by atoms with Gasteiger partial charge in [0.2, 0.25) is 5.91 Å². The molecule has 5 nitrogen and oxygen atoms in total. The van der Waals surface area contributed by atoms with Gasteiger partial charge in [0.25, 0.3) is 5.91 Å². The van der Waals surface area contributed by atoms with Gasteiger partial charge < -0.3 is 15.5 Å². The molecule has 0 radical (unpaired) electrons. The van der Waals surface area contributed by atoms with Gasteiger partial charge in [-0.05, 0) is 56.9 Å². The highest BCUT2D eigenvalue weighted by Crippen LogP contribution is 2.33. The average molecular weight is 374 g/mol. The standard InChI is InChI=1S/C20H27N3O2S/c1-23(2)11-5-10-21-19(24)16(12-14-8-9-14)22-20(25)18-13-15-6-3-4-7-17(15)26-18/h3-4,6-7,13-14,16H,5,8-12H2,1-2H3,(H,21,24)(H,22,25)/t16-/m0/s1. The van der Waals surface area contributed by atoms with Gasteiger partial charge in [0.05, 0.1) is 4.88 Å². The monoisotopic (exact) mass is 373 g/mol. The first-order valence-electron chi connectivity index (χ1n) is 9.25. The van der Waals surface area contributed by atoms with Crippen LogP contribution >= 0.6 is 11.3 Å². The number of nitrogens with zero attached hydrogens (tertiary/aromatic N) is 1. The molecule has 6 heteroatoms. The minimum Gasteiger partial charge on any atom is -0.354 e. The zero-order chi connectivity index (χ0) is 18.5. The Hall–Kier alpha value is -1.92. The molecule has 1 atom stereocenters. The molecular weight excluding hydrogens is 346 g/mol. The van der Waals surface area contributed by atoms with Gasteiger partial charge in [0.15, 0.2) is 0 Å². The Morgan fingerprint density at radius 2 is 2.04 bits per heavy atom. The van der Waals surface area contributed by atoms with E-state index in [0.29, 0.717) is 17.3 Å². The lowest BCUT2D eigenvalue weighted by molar-refractivity contribution is -0.123. The fourth-order valence-corrected chi connectivity index (χ4v) is 3.94. The third-order valence-corrected chi connectivity index (χ3v) is 5.73. The van der Waals surface area contributed by atoms with Crippen molar-refractivity contribution in [1.29, 1.82) is 0 Å². The number of benzene rings is 1. The van der Waals surface area contributed by atoms with E-state index in [2.05, 4.69) is 15.5 Å². The van der Waals surface area contributed by atoms with Crippen molar-refractivity contribution in [3.8, 4) is 0 Å². The van der Waals surface area contributed by atoms with Gasteiger partial charge in [-0.3, -0.25) is 9.59 Å². The third kappa shape index (κ3) is 5.29. The maximum Gasteiger partial charge on any atom is 0.262 e. The molecule has 0 aliphatic heterocycles. The molecule has 2 N–H and O–H groups in total. The molecule has 1 saturated carbocycles. The number of carbonyl (C=O) groups is 2. The molecule has 0 unspecified atom stereocenters. The topological polar surface area (TPSA) is 61.4 Å². The second-order valence-corrected chi connectivity index (χ2v) is 8.39. The first-order valence-corrected chi connectivity index (χ1v) is 10.1. The summed E-state index contributed by atoms with van der Waals surface area (Å²) in [7, 11) is 4.03. The van der Waals surface area contributed by atoms with E-state index < -0.39 is 6.04 Å². The summed E-state index contributed by atoms with van der Waals surface area (Å²) in [6.07, 6.45) is 3.95. The van der Waals surface area contributed by atoms with Crippen molar-refractivity contribution in [3.05, 3.63) is 35.2 Å². The highest BCUT2D eigenvalue weighted by Gasteiger charge is 2.30. The summed E-state index contributed by atoms with van der Waals surface area (Å²) in [5.74, 6) is 0.348. The molecule has 1 heterocycles. The summed E-state index contributed by atoms with van der Waals surface area (Å²) in [5, 5.41) is 7.01. The summed E-state index contributed by atoms with van der Waals surface area (Å²) in [6, 6.07) is 9.40. The number of nitrogens with one attached hydrogen (secondary N) is 2. The van der Waals surface area contributed by atoms with Crippen LogP contribution < -0.4 is 10.6 Å². The Morgan fingerprint density at radius 1 is 1.27 bits per heavy atom. The quantitative estimate of drug-likeness (QED) is 0.665. The largest absolute Gasteiger partial charge is 0.354 e. The van der Waals surface area contributed by atoms with Crippen LogP contribution in [-0.4, -0.2) is 49.9 Å². The van der Waals surface area contributed by atoms with E-state index in [1.807, 2.05) is 44.4 Å². The van der Waals surface area contributed by atoms with Gasteiger partial charge in [-0.15, -0.1) is 11.3 Å². The van der Waals surface area contributed by atoms with E-state index in [9.17, 15) is 9.59 Å². The fraction of sp³-hybridized carbons (Fsp3) is 0.500. The van der Waals surface area contributed by atoms with Crippen LogP contribution in [0.15, 0.2) is 30.3 Å². The van der Waals surface area contributed by atoms with Gasteiger partial charge in [-0.1, -0.05) is 31.0 Å². The van der Waals surface area contributed by atoms with Crippen LogP contribution in [0.4, 0.5) is 0 Å². The highest BCUT2D eigenvalue weighted by molar-refractivity contribution is 7.20. The number of rotatable bonds is 9. The van der Waals surface area contributed by atoms with Gasteiger partial charge >= 0.3 is 0 Å². The van der Waals surface area contributed by atoms with E-state index in [4.69, 9.17) is 0 Å². The number of hydrogen-bond acceptors (Lipinski definition) is 4. The lowest BCUT2D eigenvalue weighted by Gasteiger charge is -2.18. The maximum atomic E-state index is 12.7. The molecule has 0 saturated heterocycles. The zero-order valence-corrected chi connectivity index (χ0v) is 16.3. The van der Waals surface area contributed by atoms with Crippen LogP contribution in [-0.2, 0) is 4.79 Å². The van der Waals surface area contributed by atoms with E-state index in [-0.39, 0.29) is 11.8 Å². The van der Waals surface area contributed by atoms with Gasteiger partial charge in [0.1, 0.15) is 6.04 Å². The zero-order valence-electron chi connectivity index (χ0n) is 15.5. The minimum absolute atomic E-state index is 0.0647. The van der Waals surface area contributed by atoms with Crippen molar-refractivity contribution < 1.29 is 9.59 Å². The second-order valence-electron chi connectivity index (χ2n) is 7.30. The van der Waals surface area contributed by atoms with Crippen molar-refractivity contribution in [1.82, 2.24) is 15.5 Å². The number of carbonyl (C=O) groups excluding carboxylic acids is 2. The molecule has 1 aromatic carbocycles. The SMILES string of the molecule is CN(C)CCCNC(=O)[C@H](CC1CC1)NC(=O)c1cc2ccccc2s1. The van der Waals surface area contributed by atoms with Crippen LogP contribution in [0.5, 0.6) is 0 Å². The average Bonchev–Trinajstić information content (AvgIpc) is 3.32. The van der Waals surface area contributed by atoms with Crippen LogP contribution in [0.25, 0.3) is 10.1 Å². The van der Waals surface area contributed by atoms with Crippen molar-refractivity contribution in [3.63, 3.8) is 0 Å². The predicted octanol–water partition coefficient (Wildman–Crippen LogP) is 2.87. The second kappa shape index (κ2) is 8.64. The molecule has 26 heavy (non-hydrogen) atoms. The van der Waals surface area contributed by atoms with Crippen molar-refractivity contribution in [2.24, 2.45) is 5.92 Å². The molecule has 2 amide bonds. The molecule has 3 rings (SSSR count). The van der Waals surface area contributed by atoms with Gasteiger partial charge in [-0.2, -0.15) is 0 Å². The molecule has 2 aromatic rings. The number of hydrogen-bond donors (Lipinski definition) is 2. The summed E-state index contributed by atoms with van der Waals surface area (Å²) in [6.45, 7) is 1.57. The normalized spacial score (nSPS) is 15.2. The fourth-order valence-electron chi connectivity index (χ4n) is 2.97.